The highest BCUT2D eigenvalue weighted by Gasteiger charge is 2.02. The molecule has 0 atom stereocenters. The topological polar surface area (TPSA) is 55.1 Å². The number of allylic oxidation sites excluding steroid dienone is 2. The normalized spacial score (nSPS) is 13.3. The van der Waals surface area contributed by atoms with Crippen LogP contribution in [0.2, 0.25) is 0 Å². The average molecular weight is 197 g/mol. The van der Waals surface area contributed by atoms with Gasteiger partial charge in [-0.3, -0.25) is 4.79 Å². The molecule has 0 saturated heterocycles. The molecule has 0 aromatic carbocycles. The van der Waals surface area contributed by atoms with Crippen molar-refractivity contribution in [2.24, 2.45) is 5.73 Å². The summed E-state index contributed by atoms with van der Waals surface area (Å²) in [4.78, 5) is 10.4. The zero-order valence-electron chi connectivity index (χ0n) is 5.74. The maximum absolute atomic E-state index is 10.4. The van der Waals surface area contributed by atoms with Crippen LogP contribution in [0.4, 0.5) is 0 Å². The summed E-state index contributed by atoms with van der Waals surface area (Å²) in [5.74, 6) is -0.355. The number of carbonyl (C=O) groups is 1. The van der Waals surface area contributed by atoms with E-state index in [-0.39, 0.29) is 30.7 Å². The van der Waals surface area contributed by atoms with E-state index in [1.165, 1.54) is 0 Å². The Hall–Kier alpha value is -0.670. The van der Waals surface area contributed by atoms with Crippen molar-refractivity contribution in [3.63, 3.8) is 0 Å². The Morgan fingerprint density at radius 3 is 2.45 bits per heavy atom. The third-order valence-electron chi connectivity index (χ3n) is 1.12. The fraction of sp³-hybridized carbons (Fsp3) is 0.167. The van der Waals surface area contributed by atoms with E-state index in [1.54, 1.807) is 18.4 Å². The Labute approximate surface area is 77.5 Å². The number of hydrogen-bond acceptors (Lipinski definition) is 2. The van der Waals surface area contributed by atoms with E-state index in [2.05, 4.69) is 5.32 Å². The van der Waals surface area contributed by atoms with Gasteiger partial charge in [-0.1, -0.05) is 6.08 Å². The standard InChI is InChI=1S/C6H8N2O.2ClH/c7-6(9)5-2-1-3-8-4-5;;/h1-3,8H,4H2,(H2,7,9);2*1H. The molecule has 3 N–H and O–H groups in total. The molecular formula is C6H10Cl2N2O. The second-order valence-electron chi connectivity index (χ2n) is 1.80. The van der Waals surface area contributed by atoms with E-state index < -0.39 is 0 Å². The van der Waals surface area contributed by atoms with Crippen LogP contribution in [0.5, 0.6) is 0 Å². The minimum atomic E-state index is -0.355. The molecule has 1 rings (SSSR count). The van der Waals surface area contributed by atoms with Crippen LogP contribution in [0.3, 0.4) is 0 Å². The van der Waals surface area contributed by atoms with Crippen LogP contribution in [-0.2, 0) is 4.79 Å². The molecule has 1 aliphatic heterocycles. The van der Waals surface area contributed by atoms with Gasteiger partial charge in [-0.25, -0.2) is 0 Å². The van der Waals surface area contributed by atoms with E-state index in [1.807, 2.05) is 0 Å². The Morgan fingerprint density at radius 1 is 1.55 bits per heavy atom. The monoisotopic (exact) mass is 196 g/mol. The maximum Gasteiger partial charge on any atom is 0.246 e. The number of carbonyl (C=O) groups excluding carboxylic acids is 1. The molecule has 1 amide bonds. The molecule has 1 heterocycles. The summed E-state index contributed by atoms with van der Waals surface area (Å²) in [6.07, 6.45) is 5.23. The number of rotatable bonds is 1. The van der Waals surface area contributed by atoms with Gasteiger partial charge in [0.1, 0.15) is 0 Å². The van der Waals surface area contributed by atoms with Crippen LogP contribution in [0, 0.1) is 0 Å². The summed E-state index contributed by atoms with van der Waals surface area (Å²) in [6.45, 7) is 0.547. The largest absolute Gasteiger partial charge is 0.387 e. The fourth-order valence-electron chi connectivity index (χ4n) is 0.629. The summed E-state index contributed by atoms with van der Waals surface area (Å²) in [7, 11) is 0. The molecule has 0 aromatic heterocycles. The number of primary amides is 1. The smallest absolute Gasteiger partial charge is 0.246 e. The van der Waals surface area contributed by atoms with Gasteiger partial charge in [0.05, 0.1) is 0 Å². The summed E-state index contributed by atoms with van der Waals surface area (Å²) < 4.78 is 0. The molecule has 5 heteroatoms. The van der Waals surface area contributed by atoms with E-state index in [9.17, 15) is 4.79 Å². The molecule has 3 nitrogen and oxygen atoms in total. The lowest BCUT2D eigenvalue weighted by Crippen LogP contribution is -2.23. The molecule has 64 valence electrons. The molecule has 0 spiro atoms. The molecule has 0 aromatic rings. The Bertz CT molecular complexity index is 189. The Morgan fingerprint density at radius 2 is 2.18 bits per heavy atom. The zero-order valence-corrected chi connectivity index (χ0v) is 7.37. The van der Waals surface area contributed by atoms with Crippen molar-refractivity contribution in [3.05, 3.63) is 23.9 Å². The number of nitrogens with one attached hydrogen (secondary N) is 1. The second kappa shape index (κ2) is 6.07. The van der Waals surface area contributed by atoms with Crippen LogP contribution < -0.4 is 11.1 Å². The molecule has 11 heavy (non-hydrogen) atoms. The van der Waals surface area contributed by atoms with Gasteiger partial charge in [0, 0.05) is 12.1 Å². The SMILES string of the molecule is Cl.Cl.NC(=O)C1=CC=CNC1. The van der Waals surface area contributed by atoms with Crippen LogP contribution in [-0.4, -0.2) is 12.5 Å². The van der Waals surface area contributed by atoms with Crippen molar-refractivity contribution in [1.82, 2.24) is 5.32 Å². The summed E-state index contributed by atoms with van der Waals surface area (Å²) >= 11 is 0. The second-order valence-corrected chi connectivity index (χ2v) is 1.80. The molecule has 0 radical (unpaired) electrons. The number of amides is 1. The van der Waals surface area contributed by atoms with Gasteiger partial charge in [-0.2, -0.15) is 0 Å². The van der Waals surface area contributed by atoms with Crippen molar-refractivity contribution >= 4 is 30.7 Å². The van der Waals surface area contributed by atoms with Gasteiger partial charge in [0.15, 0.2) is 0 Å². The van der Waals surface area contributed by atoms with Crippen molar-refractivity contribution in [2.75, 3.05) is 6.54 Å². The number of hydrogen-bond donors (Lipinski definition) is 2. The predicted octanol–water partition coefficient (Wildman–Crippen LogP) is 0.359. The minimum Gasteiger partial charge on any atom is -0.387 e. The molecule has 0 bridgehead atoms. The van der Waals surface area contributed by atoms with Crippen molar-refractivity contribution < 1.29 is 4.79 Å². The van der Waals surface area contributed by atoms with Gasteiger partial charge in [0.2, 0.25) is 5.91 Å². The van der Waals surface area contributed by atoms with E-state index >= 15 is 0 Å². The highest BCUT2D eigenvalue weighted by atomic mass is 35.5. The lowest BCUT2D eigenvalue weighted by atomic mass is 10.2. The first-order valence-electron chi connectivity index (χ1n) is 2.69. The lowest BCUT2D eigenvalue weighted by molar-refractivity contribution is -0.114. The van der Waals surface area contributed by atoms with Crippen molar-refractivity contribution in [2.45, 2.75) is 0 Å². The van der Waals surface area contributed by atoms with Crippen molar-refractivity contribution in [3.8, 4) is 0 Å². The van der Waals surface area contributed by atoms with Gasteiger partial charge in [-0.15, -0.1) is 24.8 Å². The summed E-state index contributed by atoms with van der Waals surface area (Å²) in [5, 5.41) is 2.87. The molecular weight excluding hydrogens is 187 g/mol. The number of dihydropyridines is 1. The zero-order chi connectivity index (χ0) is 6.69. The van der Waals surface area contributed by atoms with E-state index in [0.29, 0.717) is 12.1 Å². The predicted molar refractivity (Wildman–Crippen MR) is 48.9 cm³/mol. The Balaban J connectivity index is 0. The Kier molecular flexibility index (Phi) is 7.15. The third kappa shape index (κ3) is 3.91. The lowest BCUT2D eigenvalue weighted by Gasteiger charge is -2.05. The average Bonchev–Trinajstić information content (AvgIpc) is 1.90. The van der Waals surface area contributed by atoms with Crippen molar-refractivity contribution in [1.29, 1.82) is 0 Å². The quantitative estimate of drug-likeness (QED) is 0.637. The first kappa shape index (κ1) is 13.0. The minimum absolute atomic E-state index is 0. The van der Waals surface area contributed by atoms with Gasteiger partial charge in [0.25, 0.3) is 0 Å². The molecule has 0 unspecified atom stereocenters. The van der Waals surface area contributed by atoms with Gasteiger partial charge < -0.3 is 11.1 Å². The van der Waals surface area contributed by atoms with Crippen LogP contribution in [0.25, 0.3) is 0 Å². The summed E-state index contributed by atoms with van der Waals surface area (Å²) in [6, 6.07) is 0. The van der Waals surface area contributed by atoms with Gasteiger partial charge >= 0.3 is 0 Å². The first-order valence-corrected chi connectivity index (χ1v) is 2.69. The maximum atomic E-state index is 10.4. The third-order valence-corrected chi connectivity index (χ3v) is 1.12. The van der Waals surface area contributed by atoms with Crippen LogP contribution >= 0.6 is 24.8 Å². The number of nitrogens with two attached hydrogens (primary N) is 1. The highest BCUT2D eigenvalue weighted by molar-refractivity contribution is 5.92. The van der Waals surface area contributed by atoms with Crippen LogP contribution in [0.1, 0.15) is 0 Å². The number of halogens is 2. The van der Waals surface area contributed by atoms with Crippen LogP contribution in [0.15, 0.2) is 23.9 Å². The summed E-state index contributed by atoms with van der Waals surface area (Å²) in [5.41, 5.74) is 5.61. The van der Waals surface area contributed by atoms with E-state index in [0.717, 1.165) is 0 Å². The van der Waals surface area contributed by atoms with Gasteiger partial charge in [-0.05, 0) is 12.3 Å². The van der Waals surface area contributed by atoms with E-state index in [4.69, 9.17) is 5.73 Å². The molecule has 1 aliphatic rings. The molecule has 0 fully saturated rings. The molecule has 0 saturated carbocycles. The highest BCUT2D eigenvalue weighted by Crippen LogP contribution is 1.95. The molecule has 0 aliphatic carbocycles. The fourth-order valence-corrected chi connectivity index (χ4v) is 0.629. The first-order chi connectivity index (χ1) is 4.30.